The van der Waals surface area contributed by atoms with Crippen LogP contribution in [0.2, 0.25) is 0 Å². The van der Waals surface area contributed by atoms with Gasteiger partial charge in [-0.1, -0.05) is 43.7 Å². The number of nitrogens with zero attached hydrogens (tertiary/aromatic N) is 2. The predicted molar refractivity (Wildman–Crippen MR) is 94.4 cm³/mol. The standard InChI is InChI=1S/C20H19N2O2/c1-2-3-13-21-14-22(15-9-5-4-6-10-15)18-16-11-7-8-12-17(16)20(23)24-19(18)21/h4-12,14H,2-3,13H2,1H3/q+1. The predicted octanol–water partition coefficient (Wildman–Crippen LogP) is 3.82. The molecule has 0 amide bonds. The second-order valence-corrected chi connectivity index (χ2v) is 5.96. The van der Waals surface area contributed by atoms with E-state index in [0.717, 1.165) is 36.0 Å². The summed E-state index contributed by atoms with van der Waals surface area (Å²) in [5.41, 5.74) is 2.34. The quantitative estimate of drug-likeness (QED) is 0.536. The van der Waals surface area contributed by atoms with E-state index in [-0.39, 0.29) is 5.63 Å². The van der Waals surface area contributed by atoms with Gasteiger partial charge in [-0.2, -0.15) is 9.13 Å². The summed E-state index contributed by atoms with van der Waals surface area (Å²) in [5, 5.41) is 1.53. The molecule has 0 unspecified atom stereocenters. The zero-order valence-electron chi connectivity index (χ0n) is 13.6. The smallest absolute Gasteiger partial charge is 0.347 e. The lowest BCUT2D eigenvalue weighted by Gasteiger charge is -1.99. The molecule has 4 rings (SSSR count). The van der Waals surface area contributed by atoms with Crippen molar-refractivity contribution in [3.63, 3.8) is 0 Å². The van der Waals surface area contributed by atoms with Gasteiger partial charge in [0.25, 0.3) is 6.33 Å². The SMILES string of the molecule is CCCC[n+]1cn(-c2ccccc2)c2c3ccccc3c(=O)oc21. The first kappa shape index (κ1) is 14.7. The van der Waals surface area contributed by atoms with E-state index < -0.39 is 0 Å². The van der Waals surface area contributed by atoms with Gasteiger partial charge in [0.1, 0.15) is 5.69 Å². The summed E-state index contributed by atoms with van der Waals surface area (Å²) in [6, 6.07) is 17.8. The topological polar surface area (TPSA) is 39.0 Å². The van der Waals surface area contributed by atoms with Gasteiger partial charge in [0.2, 0.25) is 5.52 Å². The van der Waals surface area contributed by atoms with Crippen molar-refractivity contribution >= 4 is 22.0 Å². The number of aryl methyl sites for hydroxylation is 1. The average molecular weight is 319 g/mol. The molecular weight excluding hydrogens is 300 g/mol. The molecule has 0 spiro atoms. The maximum Gasteiger partial charge on any atom is 0.347 e. The fourth-order valence-corrected chi connectivity index (χ4v) is 3.12. The first-order valence-electron chi connectivity index (χ1n) is 8.31. The molecule has 0 saturated carbocycles. The Morgan fingerprint density at radius 2 is 1.71 bits per heavy atom. The minimum absolute atomic E-state index is 0.283. The molecule has 0 fully saturated rings. The second kappa shape index (κ2) is 5.96. The van der Waals surface area contributed by atoms with E-state index in [4.69, 9.17) is 4.42 Å². The van der Waals surface area contributed by atoms with Crippen LogP contribution in [0.4, 0.5) is 0 Å². The van der Waals surface area contributed by atoms with Crippen molar-refractivity contribution in [2.45, 2.75) is 26.3 Å². The highest BCUT2D eigenvalue weighted by atomic mass is 16.4. The summed E-state index contributed by atoms with van der Waals surface area (Å²) in [6.07, 6.45) is 4.16. The summed E-state index contributed by atoms with van der Waals surface area (Å²) in [6.45, 7) is 2.98. The van der Waals surface area contributed by atoms with Gasteiger partial charge in [-0.25, -0.2) is 4.79 Å². The van der Waals surface area contributed by atoms with E-state index in [1.807, 2.05) is 53.4 Å². The molecule has 120 valence electrons. The third kappa shape index (κ3) is 2.31. The van der Waals surface area contributed by atoms with Crippen molar-refractivity contribution in [1.29, 1.82) is 0 Å². The Labute approximate surface area is 139 Å². The van der Waals surface area contributed by atoms with Gasteiger partial charge in [-0.05, 0) is 30.7 Å². The van der Waals surface area contributed by atoms with Gasteiger partial charge in [0.15, 0.2) is 0 Å². The Morgan fingerprint density at radius 1 is 1.00 bits per heavy atom. The van der Waals surface area contributed by atoms with Gasteiger partial charge in [-0.3, -0.25) is 0 Å². The molecule has 0 bridgehead atoms. The Hall–Kier alpha value is -2.88. The molecule has 0 atom stereocenters. The van der Waals surface area contributed by atoms with E-state index in [1.54, 1.807) is 0 Å². The van der Waals surface area contributed by atoms with Crippen LogP contribution >= 0.6 is 0 Å². The molecule has 0 N–H and O–H groups in total. The summed E-state index contributed by atoms with van der Waals surface area (Å²) in [7, 11) is 0. The first-order chi connectivity index (χ1) is 11.8. The number of hydrogen-bond donors (Lipinski definition) is 0. The number of unbranched alkanes of at least 4 members (excludes halogenated alkanes) is 1. The molecule has 4 nitrogen and oxygen atoms in total. The van der Waals surface area contributed by atoms with Crippen LogP contribution in [0.1, 0.15) is 19.8 Å². The van der Waals surface area contributed by atoms with E-state index in [0.29, 0.717) is 11.1 Å². The van der Waals surface area contributed by atoms with Crippen LogP contribution in [-0.2, 0) is 6.54 Å². The number of para-hydroxylation sites is 1. The second-order valence-electron chi connectivity index (χ2n) is 5.96. The molecule has 0 saturated heterocycles. The Bertz CT molecular complexity index is 1060. The number of aromatic nitrogens is 2. The van der Waals surface area contributed by atoms with Gasteiger partial charge >= 0.3 is 11.3 Å². The molecule has 2 aromatic heterocycles. The summed E-state index contributed by atoms with van der Waals surface area (Å²) >= 11 is 0. The maximum absolute atomic E-state index is 12.4. The van der Waals surface area contributed by atoms with Crippen LogP contribution in [0, 0.1) is 0 Å². The lowest BCUT2D eigenvalue weighted by molar-refractivity contribution is -0.678. The minimum Gasteiger partial charge on any atom is -0.383 e. The van der Waals surface area contributed by atoms with Crippen molar-refractivity contribution in [2.24, 2.45) is 0 Å². The van der Waals surface area contributed by atoms with Crippen molar-refractivity contribution < 1.29 is 8.98 Å². The Kier molecular flexibility index (Phi) is 3.65. The van der Waals surface area contributed by atoms with Gasteiger partial charge in [0, 0.05) is 5.39 Å². The molecule has 0 aliphatic heterocycles. The molecule has 0 aliphatic carbocycles. The normalized spacial score (nSPS) is 11.4. The number of imidazole rings is 1. The van der Waals surface area contributed by atoms with Crippen LogP contribution in [0.3, 0.4) is 0 Å². The monoisotopic (exact) mass is 319 g/mol. The fraction of sp³-hybridized carbons (Fsp3) is 0.200. The highest BCUT2D eigenvalue weighted by molar-refractivity contribution is 6.00. The average Bonchev–Trinajstić information content (AvgIpc) is 2.99. The highest BCUT2D eigenvalue weighted by Crippen LogP contribution is 2.24. The maximum atomic E-state index is 12.4. The third-order valence-electron chi connectivity index (χ3n) is 4.34. The summed E-state index contributed by atoms with van der Waals surface area (Å²) in [5.74, 6) is 0. The molecule has 4 heteroatoms. The molecular formula is C20H19N2O2+. The molecule has 2 aromatic carbocycles. The number of hydrogen-bond acceptors (Lipinski definition) is 2. The molecule has 2 heterocycles. The third-order valence-corrected chi connectivity index (χ3v) is 4.34. The van der Waals surface area contributed by atoms with Gasteiger partial charge < -0.3 is 4.42 Å². The lowest BCUT2D eigenvalue weighted by atomic mass is 10.1. The van der Waals surface area contributed by atoms with Crippen LogP contribution in [0.5, 0.6) is 0 Å². The van der Waals surface area contributed by atoms with Crippen molar-refractivity contribution in [3.8, 4) is 5.69 Å². The van der Waals surface area contributed by atoms with Crippen LogP contribution < -0.4 is 10.2 Å². The number of rotatable bonds is 4. The summed E-state index contributed by atoms with van der Waals surface area (Å²) < 4.78 is 9.84. The van der Waals surface area contributed by atoms with Crippen LogP contribution in [-0.4, -0.2) is 4.57 Å². The molecule has 24 heavy (non-hydrogen) atoms. The zero-order valence-corrected chi connectivity index (χ0v) is 13.6. The Balaban J connectivity index is 2.11. The molecule has 0 radical (unpaired) electrons. The van der Waals surface area contributed by atoms with Gasteiger partial charge in [-0.15, -0.1) is 0 Å². The van der Waals surface area contributed by atoms with Crippen LogP contribution in [0.15, 0.2) is 70.1 Å². The zero-order chi connectivity index (χ0) is 16.5. The first-order valence-corrected chi connectivity index (χ1v) is 8.31. The van der Waals surface area contributed by atoms with Crippen molar-refractivity contribution in [2.75, 3.05) is 0 Å². The minimum atomic E-state index is -0.283. The van der Waals surface area contributed by atoms with Crippen molar-refractivity contribution in [1.82, 2.24) is 4.57 Å². The van der Waals surface area contributed by atoms with E-state index in [2.05, 4.69) is 23.6 Å². The molecule has 4 aromatic rings. The summed E-state index contributed by atoms with van der Waals surface area (Å²) in [4.78, 5) is 12.4. The highest BCUT2D eigenvalue weighted by Gasteiger charge is 2.23. The van der Waals surface area contributed by atoms with E-state index in [9.17, 15) is 4.79 Å². The fourth-order valence-electron chi connectivity index (χ4n) is 3.12. The lowest BCUT2D eigenvalue weighted by Crippen LogP contribution is -2.32. The Morgan fingerprint density at radius 3 is 2.46 bits per heavy atom. The van der Waals surface area contributed by atoms with Gasteiger partial charge in [0.05, 0.1) is 11.9 Å². The molecule has 0 aliphatic rings. The van der Waals surface area contributed by atoms with Crippen molar-refractivity contribution in [3.05, 3.63) is 71.3 Å². The van der Waals surface area contributed by atoms with E-state index in [1.165, 1.54) is 0 Å². The van der Waals surface area contributed by atoms with E-state index >= 15 is 0 Å². The largest absolute Gasteiger partial charge is 0.383 e. The number of benzene rings is 2. The number of fused-ring (bicyclic) bond motifs is 3. The van der Waals surface area contributed by atoms with Crippen LogP contribution in [0.25, 0.3) is 27.7 Å².